The number of amides is 1. The van der Waals surface area contributed by atoms with Crippen molar-refractivity contribution < 1.29 is 14.7 Å². The number of carboxylic acid groups (broad SMARTS) is 1. The average molecular weight is 268 g/mol. The Morgan fingerprint density at radius 1 is 1.50 bits per heavy atom. The number of aryl methyl sites for hydroxylation is 1. The summed E-state index contributed by atoms with van der Waals surface area (Å²) in [6, 6.07) is 0.0231. The van der Waals surface area contributed by atoms with Gasteiger partial charge in [0.15, 0.2) is 0 Å². The van der Waals surface area contributed by atoms with Crippen LogP contribution in [-0.4, -0.2) is 28.0 Å². The van der Waals surface area contributed by atoms with Crippen LogP contribution in [0.3, 0.4) is 0 Å². The maximum absolute atomic E-state index is 11.7. The van der Waals surface area contributed by atoms with Gasteiger partial charge in [-0.2, -0.15) is 0 Å². The van der Waals surface area contributed by atoms with E-state index in [1.54, 1.807) is 17.5 Å². The SMILES string of the molecule is O=C(CCc1nccs1)N[C@H]1CC[C@@H](C(=O)O)C1. The third-order valence-corrected chi connectivity index (χ3v) is 4.04. The molecule has 0 aromatic carbocycles. The highest BCUT2D eigenvalue weighted by Crippen LogP contribution is 2.25. The minimum atomic E-state index is -0.755. The Morgan fingerprint density at radius 3 is 2.94 bits per heavy atom. The number of rotatable bonds is 5. The zero-order valence-corrected chi connectivity index (χ0v) is 10.8. The maximum atomic E-state index is 11.7. The lowest BCUT2D eigenvalue weighted by atomic mass is 10.1. The van der Waals surface area contributed by atoms with Gasteiger partial charge < -0.3 is 10.4 Å². The van der Waals surface area contributed by atoms with Crippen molar-refractivity contribution >= 4 is 23.2 Å². The monoisotopic (exact) mass is 268 g/mol. The van der Waals surface area contributed by atoms with Crippen molar-refractivity contribution in [2.24, 2.45) is 5.92 Å². The predicted molar refractivity (Wildman–Crippen MR) is 67.3 cm³/mol. The van der Waals surface area contributed by atoms with Crippen LogP contribution in [0.2, 0.25) is 0 Å². The van der Waals surface area contributed by atoms with Gasteiger partial charge in [0, 0.05) is 30.5 Å². The molecule has 1 saturated carbocycles. The summed E-state index contributed by atoms with van der Waals surface area (Å²) in [7, 11) is 0. The molecular weight excluding hydrogens is 252 g/mol. The van der Waals surface area contributed by atoms with Gasteiger partial charge in [-0.3, -0.25) is 9.59 Å². The lowest BCUT2D eigenvalue weighted by Crippen LogP contribution is -2.33. The van der Waals surface area contributed by atoms with E-state index in [0.29, 0.717) is 25.7 Å². The molecule has 0 spiro atoms. The van der Waals surface area contributed by atoms with Crippen molar-refractivity contribution in [3.63, 3.8) is 0 Å². The molecule has 0 saturated heterocycles. The van der Waals surface area contributed by atoms with E-state index < -0.39 is 5.97 Å². The molecule has 1 aromatic heterocycles. The van der Waals surface area contributed by atoms with Gasteiger partial charge in [-0.1, -0.05) is 0 Å². The molecule has 0 bridgehead atoms. The van der Waals surface area contributed by atoms with Crippen molar-refractivity contribution in [3.8, 4) is 0 Å². The van der Waals surface area contributed by atoms with E-state index in [0.717, 1.165) is 11.4 Å². The number of nitrogens with zero attached hydrogens (tertiary/aromatic N) is 1. The topological polar surface area (TPSA) is 79.3 Å². The van der Waals surface area contributed by atoms with E-state index in [9.17, 15) is 9.59 Å². The van der Waals surface area contributed by atoms with E-state index in [1.807, 2.05) is 5.38 Å². The Balaban J connectivity index is 1.70. The first-order valence-corrected chi connectivity index (χ1v) is 6.93. The summed E-state index contributed by atoms with van der Waals surface area (Å²) in [6.07, 6.45) is 4.78. The summed E-state index contributed by atoms with van der Waals surface area (Å²) < 4.78 is 0. The van der Waals surface area contributed by atoms with Crippen LogP contribution < -0.4 is 5.32 Å². The zero-order valence-electron chi connectivity index (χ0n) is 9.96. The van der Waals surface area contributed by atoms with Crippen LogP contribution >= 0.6 is 11.3 Å². The fourth-order valence-electron chi connectivity index (χ4n) is 2.23. The van der Waals surface area contributed by atoms with E-state index in [2.05, 4.69) is 10.3 Å². The summed E-state index contributed by atoms with van der Waals surface area (Å²) in [6.45, 7) is 0. The molecule has 1 amide bonds. The molecule has 2 N–H and O–H groups in total. The number of aromatic nitrogens is 1. The molecule has 2 atom stereocenters. The van der Waals surface area contributed by atoms with Crippen molar-refractivity contribution in [2.75, 3.05) is 0 Å². The van der Waals surface area contributed by atoms with E-state index in [4.69, 9.17) is 5.11 Å². The second-order valence-electron chi connectivity index (χ2n) is 4.54. The van der Waals surface area contributed by atoms with Crippen LogP contribution in [0.5, 0.6) is 0 Å². The van der Waals surface area contributed by atoms with Crippen molar-refractivity contribution in [3.05, 3.63) is 16.6 Å². The molecule has 6 heteroatoms. The van der Waals surface area contributed by atoms with Gasteiger partial charge in [0.05, 0.1) is 10.9 Å². The lowest BCUT2D eigenvalue weighted by molar-refractivity contribution is -0.141. The van der Waals surface area contributed by atoms with E-state index in [1.165, 1.54) is 0 Å². The fraction of sp³-hybridized carbons (Fsp3) is 0.583. The first-order chi connectivity index (χ1) is 8.65. The van der Waals surface area contributed by atoms with Crippen LogP contribution in [0.25, 0.3) is 0 Å². The zero-order chi connectivity index (χ0) is 13.0. The summed E-state index contributed by atoms with van der Waals surface area (Å²) >= 11 is 1.54. The Labute approximate surface area is 109 Å². The number of carbonyl (C=O) groups is 2. The quantitative estimate of drug-likeness (QED) is 0.847. The highest BCUT2D eigenvalue weighted by atomic mass is 32.1. The molecule has 1 aliphatic rings. The summed E-state index contributed by atoms with van der Waals surface area (Å²) in [5, 5.41) is 14.6. The molecule has 0 radical (unpaired) electrons. The molecule has 0 aliphatic heterocycles. The fourth-order valence-corrected chi connectivity index (χ4v) is 2.85. The van der Waals surface area contributed by atoms with Crippen molar-refractivity contribution in [1.82, 2.24) is 10.3 Å². The maximum Gasteiger partial charge on any atom is 0.306 e. The van der Waals surface area contributed by atoms with Gasteiger partial charge >= 0.3 is 5.97 Å². The average Bonchev–Trinajstić information content (AvgIpc) is 2.96. The van der Waals surface area contributed by atoms with Gasteiger partial charge in [-0.15, -0.1) is 11.3 Å². The van der Waals surface area contributed by atoms with Crippen LogP contribution in [0.15, 0.2) is 11.6 Å². The molecule has 1 fully saturated rings. The molecular formula is C12H16N2O3S. The van der Waals surface area contributed by atoms with Crippen LogP contribution in [0, 0.1) is 5.92 Å². The van der Waals surface area contributed by atoms with E-state index >= 15 is 0 Å². The summed E-state index contributed by atoms with van der Waals surface area (Å²) in [5.41, 5.74) is 0. The molecule has 1 heterocycles. The van der Waals surface area contributed by atoms with Crippen LogP contribution in [0.1, 0.15) is 30.7 Å². The van der Waals surface area contributed by atoms with Crippen LogP contribution in [-0.2, 0) is 16.0 Å². The van der Waals surface area contributed by atoms with Crippen LogP contribution in [0.4, 0.5) is 0 Å². The molecule has 98 valence electrons. The van der Waals surface area contributed by atoms with Gasteiger partial charge in [0.2, 0.25) is 5.91 Å². The highest BCUT2D eigenvalue weighted by Gasteiger charge is 2.30. The van der Waals surface area contributed by atoms with Gasteiger partial charge in [-0.05, 0) is 19.3 Å². The first kappa shape index (κ1) is 13.0. The standard InChI is InChI=1S/C12H16N2O3S/c15-10(3-4-11-13-5-6-18-11)14-9-2-1-8(7-9)12(16)17/h5-6,8-9H,1-4,7H2,(H,14,15)(H,16,17)/t8-,9+/m1/s1. The number of carbonyl (C=O) groups excluding carboxylic acids is 1. The van der Waals surface area contributed by atoms with Crippen molar-refractivity contribution in [1.29, 1.82) is 0 Å². The third kappa shape index (κ3) is 3.53. The molecule has 1 aliphatic carbocycles. The van der Waals surface area contributed by atoms with Gasteiger partial charge in [0.25, 0.3) is 0 Å². The predicted octanol–water partition coefficient (Wildman–Crippen LogP) is 1.45. The summed E-state index contributed by atoms with van der Waals surface area (Å²) in [4.78, 5) is 26.6. The summed E-state index contributed by atoms with van der Waals surface area (Å²) in [5.74, 6) is -1.06. The number of aliphatic carboxylic acids is 1. The molecule has 18 heavy (non-hydrogen) atoms. The highest BCUT2D eigenvalue weighted by molar-refractivity contribution is 7.09. The Hall–Kier alpha value is -1.43. The normalized spacial score (nSPS) is 22.9. The van der Waals surface area contributed by atoms with E-state index in [-0.39, 0.29) is 17.9 Å². The number of thiazole rings is 1. The number of carboxylic acids is 1. The number of nitrogens with one attached hydrogen (secondary N) is 1. The number of hydrogen-bond acceptors (Lipinski definition) is 4. The second-order valence-corrected chi connectivity index (χ2v) is 5.52. The molecule has 1 aromatic rings. The first-order valence-electron chi connectivity index (χ1n) is 6.05. The minimum absolute atomic E-state index is 0.0127. The van der Waals surface area contributed by atoms with Gasteiger partial charge in [0.1, 0.15) is 0 Å². The Morgan fingerprint density at radius 2 is 2.33 bits per heavy atom. The molecule has 2 rings (SSSR count). The Bertz CT molecular complexity index is 419. The second kappa shape index (κ2) is 5.95. The largest absolute Gasteiger partial charge is 0.481 e. The molecule has 0 unspecified atom stereocenters. The smallest absolute Gasteiger partial charge is 0.306 e. The minimum Gasteiger partial charge on any atom is -0.481 e. The molecule has 5 nitrogen and oxygen atoms in total. The number of hydrogen-bond donors (Lipinski definition) is 2. The van der Waals surface area contributed by atoms with Gasteiger partial charge in [-0.25, -0.2) is 4.98 Å². The Kier molecular flexibility index (Phi) is 4.30. The van der Waals surface area contributed by atoms with Crippen molar-refractivity contribution in [2.45, 2.75) is 38.1 Å². The third-order valence-electron chi connectivity index (χ3n) is 3.20. The lowest BCUT2D eigenvalue weighted by Gasteiger charge is -2.11.